The minimum absolute atomic E-state index is 0.0102. The molecule has 2 saturated heterocycles. The summed E-state index contributed by atoms with van der Waals surface area (Å²) < 4.78 is 21.5. The number of nitrogens with zero attached hydrogens (tertiary/aromatic N) is 1. The lowest BCUT2D eigenvalue weighted by atomic mass is 10.0. The molecular weight excluding hydrogens is 692 g/mol. The Morgan fingerprint density at radius 2 is 1.04 bits per heavy atom. The molecule has 3 amide bonds. The second-order valence-corrected chi connectivity index (χ2v) is 13.0. The third-order valence-electron chi connectivity index (χ3n) is 8.75. The minimum Gasteiger partial charge on any atom is -0.388 e. The Labute approximate surface area is 303 Å². The second-order valence-electron chi connectivity index (χ2n) is 13.0. The SMILES string of the molecule is CNCC(=O)CCC(=O)CCCCC(=O)N(CCC(=O)NCCO[C@@H]1O[C@@H](C)[C@@H](O)[C@@H](O)[C@@H]1O)CCC(=O)NCCO[C@@H]1O[C@@H](C)[C@@H](O)[C@@H](O)[C@@H]1O. The highest BCUT2D eigenvalue weighted by Gasteiger charge is 2.43. The van der Waals surface area contributed by atoms with Gasteiger partial charge in [-0.15, -0.1) is 0 Å². The van der Waals surface area contributed by atoms with Crippen LogP contribution in [-0.4, -0.2) is 179 Å². The summed E-state index contributed by atoms with van der Waals surface area (Å²) in [4.78, 5) is 63.4. The van der Waals surface area contributed by atoms with Crippen molar-refractivity contribution in [2.24, 2.45) is 0 Å². The number of aliphatic hydroxyl groups excluding tert-OH is 6. The number of aliphatic hydroxyl groups is 6. The van der Waals surface area contributed by atoms with E-state index in [0.717, 1.165) is 0 Å². The molecule has 10 atom stereocenters. The van der Waals surface area contributed by atoms with E-state index in [9.17, 15) is 54.6 Å². The number of hydrogen-bond acceptors (Lipinski definition) is 16. The molecule has 2 heterocycles. The van der Waals surface area contributed by atoms with E-state index in [1.807, 2.05) is 0 Å². The first-order valence-corrected chi connectivity index (χ1v) is 17.8. The van der Waals surface area contributed by atoms with E-state index in [1.54, 1.807) is 7.05 Å². The van der Waals surface area contributed by atoms with Gasteiger partial charge in [0.05, 0.1) is 32.0 Å². The monoisotopic (exact) mass is 750 g/mol. The predicted molar refractivity (Wildman–Crippen MR) is 180 cm³/mol. The van der Waals surface area contributed by atoms with Crippen LogP contribution >= 0.6 is 0 Å². The van der Waals surface area contributed by atoms with Crippen LogP contribution in [0.5, 0.6) is 0 Å². The molecule has 0 aromatic heterocycles. The van der Waals surface area contributed by atoms with Crippen LogP contribution in [0, 0.1) is 0 Å². The molecular formula is C33H58N4O15. The largest absolute Gasteiger partial charge is 0.388 e. The number of amides is 3. The first kappa shape index (κ1) is 45.5. The Bertz CT molecular complexity index is 1070. The van der Waals surface area contributed by atoms with Gasteiger partial charge >= 0.3 is 0 Å². The Balaban J connectivity index is 1.80. The summed E-state index contributed by atoms with van der Waals surface area (Å²) in [6.45, 7) is 3.09. The molecule has 0 radical (unpaired) electrons. The van der Waals surface area contributed by atoms with Crippen molar-refractivity contribution in [2.75, 3.05) is 53.0 Å². The quantitative estimate of drug-likeness (QED) is 0.0428. The minimum atomic E-state index is -1.48. The van der Waals surface area contributed by atoms with Crippen LogP contribution in [0.3, 0.4) is 0 Å². The number of carbonyl (C=O) groups is 5. The molecule has 0 aromatic rings. The number of Topliss-reactive ketones (excluding diaryl/α,β-unsaturated/α-hetero) is 2. The van der Waals surface area contributed by atoms with Gasteiger partial charge in [-0.2, -0.15) is 0 Å². The molecule has 2 aliphatic rings. The molecule has 2 aliphatic heterocycles. The van der Waals surface area contributed by atoms with Gasteiger partial charge in [0, 0.05) is 64.7 Å². The molecule has 19 heteroatoms. The lowest BCUT2D eigenvalue weighted by Gasteiger charge is -2.38. The van der Waals surface area contributed by atoms with Crippen LogP contribution in [0.1, 0.15) is 65.2 Å². The maximum atomic E-state index is 13.1. The Morgan fingerprint density at radius 3 is 1.50 bits per heavy atom. The van der Waals surface area contributed by atoms with Crippen molar-refractivity contribution >= 4 is 29.3 Å². The molecule has 52 heavy (non-hydrogen) atoms. The normalized spacial score (nSPS) is 28.9. The fourth-order valence-electron chi connectivity index (χ4n) is 5.49. The summed E-state index contributed by atoms with van der Waals surface area (Å²) in [5.41, 5.74) is 0. The molecule has 0 saturated carbocycles. The highest BCUT2D eigenvalue weighted by Crippen LogP contribution is 2.22. The molecule has 2 fully saturated rings. The lowest BCUT2D eigenvalue weighted by molar-refractivity contribution is -0.292. The van der Waals surface area contributed by atoms with Gasteiger partial charge in [0.2, 0.25) is 17.7 Å². The molecule has 0 unspecified atom stereocenters. The average Bonchev–Trinajstić information content (AvgIpc) is 3.11. The van der Waals surface area contributed by atoms with E-state index in [2.05, 4.69) is 16.0 Å². The van der Waals surface area contributed by atoms with Gasteiger partial charge in [0.25, 0.3) is 0 Å². The number of ketones is 2. The zero-order valence-corrected chi connectivity index (χ0v) is 30.2. The number of ether oxygens (including phenoxy) is 4. The van der Waals surface area contributed by atoms with Gasteiger partial charge < -0.3 is 70.4 Å². The highest BCUT2D eigenvalue weighted by molar-refractivity contribution is 5.87. The van der Waals surface area contributed by atoms with Crippen LogP contribution in [0.15, 0.2) is 0 Å². The maximum absolute atomic E-state index is 13.1. The summed E-state index contributed by atoms with van der Waals surface area (Å²) in [5.74, 6) is -1.30. The second kappa shape index (κ2) is 23.9. The van der Waals surface area contributed by atoms with Gasteiger partial charge in [-0.1, -0.05) is 0 Å². The van der Waals surface area contributed by atoms with Crippen LogP contribution in [0.4, 0.5) is 0 Å². The molecule has 300 valence electrons. The van der Waals surface area contributed by atoms with E-state index in [-0.39, 0.29) is 102 Å². The van der Waals surface area contributed by atoms with Gasteiger partial charge in [-0.05, 0) is 33.7 Å². The maximum Gasteiger partial charge on any atom is 0.222 e. The van der Waals surface area contributed by atoms with Gasteiger partial charge in [-0.25, -0.2) is 0 Å². The highest BCUT2D eigenvalue weighted by atomic mass is 16.7. The summed E-state index contributed by atoms with van der Waals surface area (Å²) >= 11 is 0. The fourth-order valence-corrected chi connectivity index (χ4v) is 5.49. The molecule has 2 rings (SSSR count). The van der Waals surface area contributed by atoms with Crippen LogP contribution in [-0.2, 0) is 42.9 Å². The number of rotatable bonds is 24. The lowest BCUT2D eigenvalue weighted by Crippen LogP contribution is -2.57. The van der Waals surface area contributed by atoms with E-state index >= 15 is 0 Å². The number of hydrogen-bond donors (Lipinski definition) is 9. The van der Waals surface area contributed by atoms with Gasteiger partial charge in [0.1, 0.15) is 48.2 Å². The Kier molecular flexibility index (Phi) is 20.9. The first-order chi connectivity index (χ1) is 24.7. The van der Waals surface area contributed by atoms with E-state index in [1.165, 1.54) is 18.7 Å². The van der Waals surface area contributed by atoms with Crippen molar-refractivity contribution in [3.8, 4) is 0 Å². The third kappa shape index (κ3) is 15.7. The Morgan fingerprint density at radius 1 is 0.596 bits per heavy atom. The van der Waals surface area contributed by atoms with E-state index in [0.29, 0.717) is 12.8 Å². The molecule has 19 nitrogen and oxygen atoms in total. The zero-order valence-electron chi connectivity index (χ0n) is 30.2. The number of nitrogens with one attached hydrogen (secondary N) is 3. The smallest absolute Gasteiger partial charge is 0.222 e. The van der Waals surface area contributed by atoms with Gasteiger partial charge in [0.15, 0.2) is 12.6 Å². The predicted octanol–water partition coefficient (Wildman–Crippen LogP) is -3.79. The van der Waals surface area contributed by atoms with Crippen LogP contribution in [0.25, 0.3) is 0 Å². The van der Waals surface area contributed by atoms with Crippen LogP contribution in [0.2, 0.25) is 0 Å². The van der Waals surface area contributed by atoms with Crippen molar-refractivity contribution in [3.63, 3.8) is 0 Å². The fraction of sp³-hybridized carbons (Fsp3) is 0.848. The first-order valence-electron chi connectivity index (χ1n) is 17.8. The zero-order chi connectivity index (χ0) is 38.8. The number of carbonyl (C=O) groups excluding carboxylic acids is 5. The molecule has 0 aromatic carbocycles. The third-order valence-corrected chi connectivity index (χ3v) is 8.75. The van der Waals surface area contributed by atoms with Crippen molar-refractivity contribution in [3.05, 3.63) is 0 Å². The van der Waals surface area contributed by atoms with E-state index < -0.39 is 73.2 Å². The van der Waals surface area contributed by atoms with Crippen molar-refractivity contribution < 1.29 is 73.6 Å². The molecule has 9 N–H and O–H groups in total. The van der Waals surface area contributed by atoms with Crippen molar-refractivity contribution in [1.29, 1.82) is 0 Å². The topological polar surface area (TPSA) is 283 Å². The van der Waals surface area contributed by atoms with Crippen molar-refractivity contribution in [1.82, 2.24) is 20.9 Å². The average molecular weight is 751 g/mol. The molecule has 0 aliphatic carbocycles. The summed E-state index contributed by atoms with van der Waals surface area (Å²) in [6.07, 6.45) is -11.2. The van der Waals surface area contributed by atoms with E-state index in [4.69, 9.17) is 18.9 Å². The summed E-state index contributed by atoms with van der Waals surface area (Å²) in [6, 6.07) is 0. The number of unbranched alkanes of at least 4 members (excludes halogenated alkanes) is 1. The van der Waals surface area contributed by atoms with Crippen LogP contribution < -0.4 is 16.0 Å². The molecule has 0 bridgehead atoms. The molecule has 0 spiro atoms. The summed E-state index contributed by atoms with van der Waals surface area (Å²) in [7, 11) is 1.65. The number of likely N-dealkylation sites (N-methyl/N-ethyl adjacent to an activating group) is 1. The Hall–Kier alpha value is -2.69. The summed E-state index contributed by atoms with van der Waals surface area (Å²) in [5, 5.41) is 67.5. The standard InChI is InChI=1S/C33H58N4O15/c1-19-26(43)28(45)30(47)32(51-19)49-16-12-35-23(40)10-14-37(25(42)7-5-4-6-21(38)8-9-22(39)18-34-3)15-11-24(41)36-13-17-50-33-31(48)29(46)27(44)20(2)52-33/h19-20,26-34,43-48H,4-18H2,1-3H3,(H,35,40)(H,36,41)/t19-,20-,26+,27+,28+,29+,30-,31-,32+,33+/m0/s1. The van der Waals surface area contributed by atoms with Gasteiger partial charge in [-0.3, -0.25) is 24.0 Å². The van der Waals surface area contributed by atoms with Crippen molar-refractivity contribution in [2.45, 2.75) is 127 Å².